The Morgan fingerprint density at radius 1 is 1.24 bits per heavy atom. The molecule has 33 heavy (non-hydrogen) atoms. The summed E-state index contributed by atoms with van der Waals surface area (Å²) in [5.41, 5.74) is -1.62. The lowest BCUT2D eigenvalue weighted by Gasteiger charge is -2.49. The first-order valence-corrected chi connectivity index (χ1v) is 11.1. The molecule has 0 bridgehead atoms. The van der Waals surface area contributed by atoms with Crippen LogP contribution in [0.3, 0.4) is 0 Å². The largest absolute Gasteiger partial charge is 0.466 e. The molecule has 1 aliphatic heterocycles. The summed E-state index contributed by atoms with van der Waals surface area (Å²) in [6.07, 6.45) is 0.623. The number of rotatable bonds is 6. The van der Waals surface area contributed by atoms with E-state index in [0.717, 1.165) is 23.5 Å². The number of hydrogen-bond donors (Lipinski definition) is 1. The van der Waals surface area contributed by atoms with Gasteiger partial charge in [-0.1, -0.05) is 0 Å². The number of benzene rings is 1. The Balaban J connectivity index is 1.74. The summed E-state index contributed by atoms with van der Waals surface area (Å²) in [6.45, 7) is 7.17. The van der Waals surface area contributed by atoms with Gasteiger partial charge in [0, 0.05) is 30.9 Å². The number of amides is 2. The van der Waals surface area contributed by atoms with Gasteiger partial charge in [-0.25, -0.2) is 18.6 Å². The summed E-state index contributed by atoms with van der Waals surface area (Å²) >= 11 is 0.926. The third-order valence-corrected chi connectivity index (χ3v) is 5.73. The molecule has 0 saturated carbocycles. The fourth-order valence-corrected chi connectivity index (χ4v) is 4.19. The molecule has 1 saturated heterocycles. The molecule has 2 amide bonds. The molecule has 0 radical (unpaired) electrons. The number of nitrogens with one attached hydrogen (secondary N) is 1. The lowest BCUT2D eigenvalue weighted by Crippen LogP contribution is -2.72. The predicted molar refractivity (Wildman–Crippen MR) is 117 cm³/mol. The van der Waals surface area contributed by atoms with E-state index >= 15 is 0 Å². The maximum Gasteiger partial charge on any atom is 0.410 e. The van der Waals surface area contributed by atoms with Crippen molar-refractivity contribution in [1.29, 1.82) is 0 Å². The zero-order valence-corrected chi connectivity index (χ0v) is 19.6. The molecule has 0 aliphatic carbocycles. The summed E-state index contributed by atoms with van der Waals surface area (Å²) in [5.74, 6) is -2.58. The monoisotopic (exact) mass is 481 g/mol. The van der Waals surface area contributed by atoms with Crippen molar-refractivity contribution in [2.75, 3.05) is 19.7 Å². The molecular weight excluding hydrogens is 456 g/mol. The molecule has 2 aromatic rings. The van der Waals surface area contributed by atoms with Crippen LogP contribution in [0.4, 0.5) is 13.6 Å². The van der Waals surface area contributed by atoms with Crippen LogP contribution in [0.15, 0.2) is 24.4 Å². The van der Waals surface area contributed by atoms with Gasteiger partial charge >= 0.3 is 12.1 Å². The van der Waals surface area contributed by atoms with E-state index in [1.165, 1.54) is 17.2 Å². The molecule has 0 atom stereocenters. The highest BCUT2D eigenvalue weighted by atomic mass is 32.1. The van der Waals surface area contributed by atoms with Crippen LogP contribution in [0.2, 0.25) is 0 Å². The Morgan fingerprint density at radius 3 is 2.55 bits per heavy atom. The number of nitrogens with zero attached hydrogens (tertiary/aromatic N) is 2. The summed E-state index contributed by atoms with van der Waals surface area (Å²) in [6, 6.07) is 3.14. The van der Waals surface area contributed by atoms with E-state index < -0.39 is 40.7 Å². The van der Waals surface area contributed by atoms with Crippen LogP contribution in [-0.4, -0.2) is 58.7 Å². The topological polar surface area (TPSA) is 97.8 Å². The number of halogens is 2. The number of aromatic nitrogens is 1. The molecule has 1 N–H and O–H groups in total. The minimum Gasteiger partial charge on any atom is -0.466 e. The zero-order chi connectivity index (χ0) is 24.4. The second-order valence-corrected chi connectivity index (χ2v) is 9.74. The van der Waals surface area contributed by atoms with Crippen molar-refractivity contribution in [3.63, 3.8) is 0 Å². The number of esters is 1. The van der Waals surface area contributed by atoms with Crippen LogP contribution in [-0.2, 0) is 14.3 Å². The van der Waals surface area contributed by atoms with Gasteiger partial charge in [0.1, 0.15) is 17.2 Å². The highest BCUT2D eigenvalue weighted by molar-refractivity contribution is 7.17. The van der Waals surface area contributed by atoms with Crippen LogP contribution in [0.5, 0.6) is 0 Å². The normalized spacial score (nSPS) is 14.9. The number of carbonyl (C=O) groups excluding carboxylic acids is 3. The first-order chi connectivity index (χ1) is 15.4. The average Bonchev–Trinajstić information content (AvgIpc) is 3.14. The van der Waals surface area contributed by atoms with Crippen molar-refractivity contribution in [2.24, 2.45) is 0 Å². The number of hydrogen-bond acceptors (Lipinski definition) is 7. The van der Waals surface area contributed by atoms with Crippen LogP contribution in [0.25, 0.3) is 10.4 Å². The number of thiazole rings is 1. The molecule has 178 valence electrons. The van der Waals surface area contributed by atoms with E-state index in [4.69, 9.17) is 9.47 Å². The van der Waals surface area contributed by atoms with Crippen LogP contribution >= 0.6 is 11.3 Å². The fraction of sp³-hybridized carbons (Fsp3) is 0.455. The molecule has 1 aliphatic rings. The van der Waals surface area contributed by atoms with Gasteiger partial charge in [-0.3, -0.25) is 9.59 Å². The Kier molecular flexibility index (Phi) is 7.01. The predicted octanol–water partition coefficient (Wildman–Crippen LogP) is 3.76. The Morgan fingerprint density at radius 2 is 1.94 bits per heavy atom. The highest BCUT2D eigenvalue weighted by Crippen LogP contribution is 2.31. The molecule has 2 heterocycles. The molecule has 1 aromatic heterocycles. The van der Waals surface area contributed by atoms with Gasteiger partial charge in [0.25, 0.3) is 5.91 Å². The van der Waals surface area contributed by atoms with Crippen LogP contribution in [0, 0.1) is 11.6 Å². The smallest absolute Gasteiger partial charge is 0.410 e. The summed E-state index contributed by atoms with van der Waals surface area (Å²) in [5, 5.41) is 2.81. The van der Waals surface area contributed by atoms with Gasteiger partial charge in [0.15, 0.2) is 5.01 Å². The third-order valence-electron chi connectivity index (χ3n) is 4.70. The summed E-state index contributed by atoms with van der Waals surface area (Å²) in [4.78, 5) is 43.1. The van der Waals surface area contributed by atoms with Crippen molar-refractivity contribution in [2.45, 2.75) is 45.3 Å². The summed E-state index contributed by atoms with van der Waals surface area (Å²) in [7, 11) is 0. The third kappa shape index (κ3) is 6.04. The van der Waals surface area contributed by atoms with Crippen molar-refractivity contribution >= 4 is 29.3 Å². The van der Waals surface area contributed by atoms with Crippen molar-refractivity contribution < 1.29 is 32.6 Å². The number of likely N-dealkylation sites (tertiary alicyclic amines) is 1. The SMILES string of the molecule is CCOC(=O)CC1(NC(=O)c2ncc(-c3ccc(F)cc3F)s2)CN(C(=O)OC(C)(C)C)C1. The first-order valence-electron chi connectivity index (χ1n) is 10.3. The minimum atomic E-state index is -1.05. The van der Waals surface area contributed by atoms with Crippen molar-refractivity contribution in [1.82, 2.24) is 15.2 Å². The molecule has 1 aromatic carbocycles. The number of ether oxygens (including phenoxy) is 2. The summed E-state index contributed by atoms with van der Waals surface area (Å²) < 4.78 is 37.6. The molecule has 11 heteroatoms. The molecule has 8 nitrogen and oxygen atoms in total. The van der Waals surface area contributed by atoms with Gasteiger partial charge in [-0.05, 0) is 39.8 Å². The van der Waals surface area contributed by atoms with E-state index in [1.54, 1.807) is 27.7 Å². The quantitative estimate of drug-likeness (QED) is 0.631. The van der Waals surface area contributed by atoms with E-state index in [1.807, 2.05) is 0 Å². The molecule has 0 unspecified atom stereocenters. The minimum absolute atomic E-state index is 0.0349. The lowest BCUT2D eigenvalue weighted by atomic mass is 9.86. The van der Waals surface area contributed by atoms with E-state index in [-0.39, 0.29) is 36.7 Å². The van der Waals surface area contributed by atoms with Crippen LogP contribution < -0.4 is 5.32 Å². The van der Waals surface area contributed by atoms with Gasteiger partial charge in [0.05, 0.1) is 23.4 Å². The van der Waals surface area contributed by atoms with Crippen molar-refractivity contribution in [3.05, 3.63) is 41.0 Å². The lowest BCUT2D eigenvalue weighted by molar-refractivity contribution is -0.146. The molecule has 3 rings (SSSR count). The van der Waals surface area contributed by atoms with Crippen LogP contribution in [0.1, 0.15) is 43.9 Å². The Labute approximate surface area is 193 Å². The maximum atomic E-state index is 14.1. The first kappa shape index (κ1) is 24.6. The average molecular weight is 482 g/mol. The van der Waals surface area contributed by atoms with Gasteiger partial charge in [-0.15, -0.1) is 11.3 Å². The second kappa shape index (κ2) is 9.42. The number of carbonyl (C=O) groups is 3. The van der Waals surface area contributed by atoms with E-state index in [9.17, 15) is 23.2 Å². The fourth-order valence-electron chi connectivity index (χ4n) is 3.35. The van der Waals surface area contributed by atoms with Gasteiger partial charge < -0.3 is 19.7 Å². The maximum absolute atomic E-state index is 14.1. The van der Waals surface area contributed by atoms with E-state index in [2.05, 4.69) is 10.3 Å². The van der Waals surface area contributed by atoms with Gasteiger partial charge in [0.2, 0.25) is 0 Å². The molecule has 0 spiro atoms. The van der Waals surface area contributed by atoms with Gasteiger partial charge in [-0.2, -0.15) is 0 Å². The van der Waals surface area contributed by atoms with Crippen molar-refractivity contribution in [3.8, 4) is 10.4 Å². The highest BCUT2D eigenvalue weighted by Gasteiger charge is 2.49. The van der Waals surface area contributed by atoms with E-state index in [0.29, 0.717) is 4.88 Å². The Bertz CT molecular complexity index is 1060. The molecular formula is C22H25F2N3O5S. The zero-order valence-electron chi connectivity index (χ0n) is 18.7. The standard InChI is InChI=1S/C22H25F2N3O5S/c1-5-31-17(28)9-22(11-27(12-22)20(30)32-21(2,3)4)26-18(29)19-25-10-16(33-19)14-7-6-13(23)8-15(14)24/h6-8,10H,5,9,11-12H2,1-4H3,(H,26,29). The molecule has 1 fully saturated rings. The second-order valence-electron chi connectivity index (χ2n) is 8.71. The Hall–Kier alpha value is -3.08.